The Morgan fingerprint density at radius 3 is 2.93 bits per heavy atom. The van der Waals surface area contributed by atoms with Crippen LogP contribution in [-0.2, 0) is 5.75 Å². The molecule has 0 aliphatic carbocycles. The quantitative estimate of drug-likeness (QED) is 0.805. The Labute approximate surface area is 91.9 Å². The second kappa shape index (κ2) is 4.35. The third kappa shape index (κ3) is 2.73. The van der Waals surface area contributed by atoms with Crippen molar-refractivity contribution in [1.29, 1.82) is 0 Å². The molecule has 0 aliphatic heterocycles. The molecule has 0 aromatic carbocycles. The number of aromatic nitrogens is 2. The Morgan fingerprint density at radius 1 is 1.40 bits per heavy atom. The van der Waals surface area contributed by atoms with Crippen LogP contribution < -0.4 is 5.73 Å². The van der Waals surface area contributed by atoms with Crippen molar-refractivity contribution >= 4 is 17.6 Å². The number of nitrogens with two attached hydrogens (primary N) is 1. The summed E-state index contributed by atoms with van der Waals surface area (Å²) in [4.78, 5) is 8.37. The molecule has 0 radical (unpaired) electrons. The van der Waals surface area contributed by atoms with Gasteiger partial charge in [0.15, 0.2) is 0 Å². The number of thioether (sulfide) groups is 1. The lowest BCUT2D eigenvalue weighted by Gasteiger charge is -1.98. The number of nitrogen functional groups attached to an aromatic ring is 1. The van der Waals surface area contributed by atoms with Gasteiger partial charge < -0.3 is 10.2 Å². The Hall–Kier alpha value is -1.49. The summed E-state index contributed by atoms with van der Waals surface area (Å²) in [6.45, 7) is 1.90. The number of hydrogen-bond donors (Lipinski definition) is 1. The van der Waals surface area contributed by atoms with Crippen molar-refractivity contribution in [3.8, 4) is 0 Å². The minimum atomic E-state index is 0.539. The van der Waals surface area contributed by atoms with Crippen LogP contribution in [0.4, 0.5) is 5.82 Å². The largest absolute Gasteiger partial charge is 0.440 e. The Kier molecular flexibility index (Phi) is 2.91. The average Bonchev–Trinajstić information content (AvgIpc) is 2.62. The van der Waals surface area contributed by atoms with Gasteiger partial charge in [-0.2, -0.15) is 0 Å². The van der Waals surface area contributed by atoms with Crippen LogP contribution in [0, 0.1) is 6.92 Å². The second-order valence-electron chi connectivity index (χ2n) is 3.10. The summed E-state index contributed by atoms with van der Waals surface area (Å²) in [7, 11) is 0. The average molecular weight is 221 g/mol. The molecule has 0 saturated carbocycles. The minimum absolute atomic E-state index is 0.539. The van der Waals surface area contributed by atoms with Gasteiger partial charge in [0, 0.05) is 5.75 Å². The zero-order valence-electron chi connectivity index (χ0n) is 8.30. The molecule has 0 saturated heterocycles. The number of rotatable bonds is 3. The zero-order chi connectivity index (χ0) is 10.7. The molecule has 78 valence electrons. The maximum absolute atomic E-state index is 5.57. The molecule has 0 fully saturated rings. The van der Waals surface area contributed by atoms with Crippen molar-refractivity contribution in [2.75, 3.05) is 5.73 Å². The van der Waals surface area contributed by atoms with Gasteiger partial charge in [-0.3, -0.25) is 0 Å². The van der Waals surface area contributed by atoms with Gasteiger partial charge in [-0.25, -0.2) is 9.97 Å². The molecular weight excluding hydrogens is 210 g/mol. The van der Waals surface area contributed by atoms with E-state index >= 15 is 0 Å². The molecule has 0 aliphatic rings. The van der Waals surface area contributed by atoms with Gasteiger partial charge >= 0.3 is 0 Å². The standard InChI is InChI=1S/C10H11N3OS/c1-7-5-14-10(12-7)15-6-8-3-2-4-9(11)13-8/h2-5H,6H2,1H3,(H2,11,13). The number of pyridine rings is 1. The lowest BCUT2D eigenvalue weighted by molar-refractivity contribution is 0.454. The third-order valence-electron chi connectivity index (χ3n) is 1.77. The highest BCUT2D eigenvalue weighted by molar-refractivity contribution is 7.98. The smallest absolute Gasteiger partial charge is 0.256 e. The van der Waals surface area contributed by atoms with Crippen molar-refractivity contribution in [1.82, 2.24) is 9.97 Å². The van der Waals surface area contributed by atoms with Crippen molar-refractivity contribution in [3.63, 3.8) is 0 Å². The van der Waals surface area contributed by atoms with Crippen LogP contribution in [0.25, 0.3) is 0 Å². The molecule has 0 unspecified atom stereocenters. The highest BCUT2D eigenvalue weighted by Crippen LogP contribution is 2.21. The highest BCUT2D eigenvalue weighted by atomic mass is 32.2. The predicted molar refractivity (Wildman–Crippen MR) is 59.5 cm³/mol. The fraction of sp³-hybridized carbons (Fsp3) is 0.200. The van der Waals surface area contributed by atoms with Crippen molar-refractivity contribution in [2.24, 2.45) is 0 Å². The normalized spacial score (nSPS) is 10.5. The first-order valence-electron chi connectivity index (χ1n) is 4.50. The molecule has 2 aromatic rings. The van der Waals surface area contributed by atoms with Crippen LogP contribution in [0.15, 0.2) is 34.1 Å². The van der Waals surface area contributed by atoms with Crippen LogP contribution in [0.3, 0.4) is 0 Å². The Bertz CT molecular complexity index is 455. The van der Waals surface area contributed by atoms with Crippen LogP contribution in [0.2, 0.25) is 0 Å². The molecule has 0 atom stereocenters. The third-order valence-corrected chi connectivity index (χ3v) is 2.64. The number of nitrogens with zero attached hydrogens (tertiary/aromatic N) is 2. The van der Waals surface area contributed by atoms with E-state index in [0.29, 0.717) is 16.8 Å². The van der Waals surface area contributed by atoms with E-state index in [4.69, 9.17) is 10.2 Å². The van der Waals surface area contributed by atoms with Crippen LogP contribution in [-0.4, -0.2) is 9.97 Å². The molecule has 2 rings (SSSR count). The molecule has 2 N–H and O–H groups in total. The van der Waals surface area contributed by atoms with E-state index in [1.54, 1.807) is 12.3 Å². The first-order valence-corrected chi connectivity index (χ1v) is 5.49. The summed E-state index contributed by atoms with van der Waals surface area (Å²) < 4.78 is 5.21. The molecule has 0 spiro atoms. The summed E-state index contributed by atoms with van der Waals surface area (Å²) in [5, 5.41) is 0.664. The van der Waals surface area contributed by atoms with E-state index in [0.717, 1.165) is 11.4 Å². The fourth-order valence-corrected chi connectivity index (χ4v) is 1.87. The topological polar surface area (TPSA) is 64.9 Å². The summed E-state index contributed by atoms with van der Waals surface area (Å²) in [6.07, 6.45) is 1.63. The summed E-state index contributed by atoms with van der Waals surface area (Å²) in [5.41, 5.74) is 7.39. The van der Waals surface area contributed by atoms with Crippen LogP contribution in [0.5, 0.6) is 0 Å². The molecular formula is C10H11N3OS. The molecule has 0 bridgehead atoms. The second-order valence-corrected chi connectivity index (χ2v) is 4.02. The van der Waals surface area contributed by atoms with Gasteiger partial charge in [-0.15, -0.1) is 0 Å². The van der Waals surface area contributed by atoms with Gasteiger partial charge in [-0.1, -0.05) is 17.8 Å². The van der Waals surface area contributed by atoms with Gasteiger partial charge in [0.2, 0.25) is 0 Å². The molecule has 5 heteroatoms. The zero-order valence-corrected chi connectivity index (χ0v) is 9.12. The van der Waals surface area contributed by atoms with E-state index in [1.165, 1.54) is 11.8 Å². The van der Waals surface area contributed by atoms with Crippen molar-refractivity contribution < 1.29 is 4.42 Å². The lowest BCUT2D eigenvalue weighted by Crippen LogP contribution is -1.93. The van der Waals surface area contributed by atoms with Gasteiger partial charge in [-0.05, 0) is 19.1 Å². The van der Waals surface area contributed by atoms with E-state index < -0.39 is 0 Å². The van der Waals surface area contributed by atoms with Crippen molar-refractivity contribution in [2.45, 2.75) is 17.9 Å². The summed E-state index contributed by atoms with van der Waals surface area (Å²) in [6, 6.07) is 5.58. The van der Waals surface area contributed by atoms with Gasteiger partial charge in [0.05, 0.1) is 11.4 Å². The fourth-order valence-electron chi connectivity index (χ4n) is 1.11. The van der Waals surface area contributed by atoms with E-state index in [9.17, 15) is 0 Å². The minimum Gasteiger partial charge on any atom is -0.440 e. The van der Waals surface area contributed by atoms with E-state index in [-0.39, 0.29) is 0 Å². The highest BCUT2D eigenvalue weighted by Gasteiger charge is 2.02. The molecule has 0 amide bonds. The van der Waals surface area contributed by atoms with Crippen LogP contribution in [0.1, 0.15) is 11.4 Å². The number of hydrogen-bond acceptors (Lipinski definition) is 5. The van der Waals surface area contributed by atoms with E-state index in [2.05, 4.69) is 9.97 Å². The first kappa shape index (κ1) is 10.0. The SMILES string of the molecule is Cc1coc(SCc2cccc(N)n2)n1. The lowest BCUT2D eigenvalue weighted by atomic mass is 10.4. The number of anilines is 1. The van der Waals surface area contributed by atoms with Crippen LogP contribution >= 0.6 is 11.8 Å². The molecule has 15 heavy (non-hydrogen) atoms. The first-order chi connectivity index (χ1) is 7.24. The van der Waals surface area contributed by atoms with Crippen molar-refractivity contribution in [3.05, 3.63) is 35.9 Å². The molecule has 4 nitrogen and oxygen atoms in total. The monoisotopic (exact) mass is 221 g/mol. The Balaban J connectivity index is 1.99. The Morgan fingerprint density at radius 2 is 2.27 bits per heavy atom. The molecule has 2 aromatic heterocycles. The van der Waals surface area contributed by atoms with Gasteiger partial charge in [0.1, 0.15) is 12.1 Å². The predicted octanol–water partition coefficient (Wildman–Crippen LogP) is 2.25. The number of aryl methyl sites for hydroxylation is 1. The molecule has 2 heterocycles. The maximum Gasteiger partial charge on any atom is 0.256 e. The number of oxazole rings is 1. The van der Waals surface area contributed by atoms with Gasteiger partial charge in [0.25, 0.3) is 5.22 Å². The summed E-state index contributed by atoms with van der Waals surface area (Å²) in [5.74, 6) is 1.25. The summed E-state index contributed by atoms with van der Waals surface area (Å²) >= 11 is 1.51. The maximum atomic E-state index is 5.57. The van der Waals surface area contributed by atoms with E-state index in [1.807, 2.05) is 19.1 Å².